The molecule has 66 heavy (non-hydrogen) atoms. The topological polar surface area (TPSA) is 69.6 Å². The van der Waals surface area contributed by atoms with E-state index >= 15 is 0 Å². The molecule has 1 amide bonds. The van der Waals surface area contributed by atoms with E-state index in [1.807, 2.05) is 6.08 Å². The zero-order valence-electron chi connectivity index (χ0n) is 41.9. The van der Waals surface area contributed by atoms with Crippen LogP contribution in [0.4, 0.5) is 0 Å². The molecule has 0 aliphatic carbocycles. The van der Waals surface area contributed by atoms with Crippen LogP contribution in [0.3, 0.4) is 0 Å². The van der Waals surface area contributed by atoms with Crippen molar-refractivity contribution < 1.29 is 15.0 Å². The number of carbonyl (C=O) groups excluding carboxylic acids is 1. The van der Waals surface area contributed by atoms with E-state index in [2.05, 4.69) is 189 Å². The zero-order valence-corrected chi connectivity index (χ0v) is 41.9. The van der Waals surface area contributed by atoms with Gasteiger partial charge in [-0.1, -0.05) is 222 Å². The molecule has 0 aromatic carbocycles. The highest BCUT2D eigenvalue weighted by Crippen LogP contribution is 2.08. The fourth-order valence-electron chi connectivity index (χ4n) is 6.42. The SMILES string of the molecule is CC/C=C\C/C=C\C/C=C\C/C=C\C/C=C\C/C=C\C/C=C\C/C=C\C/C=C\C/C=C\C/C=C\C/C=C\CCCCC(=O)NC(CO)C(O)/C=C/CC/C=C/CC/C=C/CCCCCCC. The zero-order chi connectivity index (χ0) is 47.7. The Hall–Kier alpha value is -4.51. The van der Waals surface area contributed by atoms with Crippen LogP contribution in [0.15, 0.2) is 182 Å². The van der Waals surface area contributed by atoms with Gasteiger partial charge in [0.1, 0.15) is 0 Å². The Morgan fingerprint density at radius 1 is 0.379 bits per heavy atom. The van der Waals surface area contributed by atoms with Gasteiger partial charge in [0.15, 0.2) is 0 Å². The second-order valence-electron chi connectivity index (χ2n) is 16.5. The Balaban J connectivity index is 3.80. The summed E-state index contributed by atoms with van der Waals surface area (Å²) in [6, 6.07) is -0.683. The molecule has 0 aliphatic rings. The molecule has 4 heteroatoms. The normalized spacial score (nSPS) is 14.4. The smallest absolute Gasteiger partial charge is 0.220 e. The number of aliphatic hydroxyl groups excluding tert-OH is 2. The quantitative estimate of drug-likeness (QED) is 0.0421. The van der Waals surface area contributed by atoms with Gasteiger partial charge in [0.2, 0.25) is 5.91 Å². The van der Waals surface area contributed by atoms with Crippen molar-refractivity contribution in [3.05, 3.63) is 182 Å². The summed E-state index contributed by atoms with van der Waals surface area (Å²) in [6.07, 6.45) is 91.7. The average Bonchev–Trinajstić information content (AvgIpc) is 3.32. The Morgan fingerprint density at radius 3 is 1.05 bits per heavy atom. The Labute approximate surface area is 406 Å². The molecule has 0 rings (SSSR count). The molecule has 366 valence electrons. The number of hydrogen-bond donors (Lipinski definition) is 3. The summed E-state index contributed by atoms with van der Waals surface area (Å²) in [5.41, 5.74) is 0. The van der Waals surface area contributed by atoms with E-state index in [9.17, 15) is 15.0 Å². The maximum absolute atomic E-state index is 12.4. The van der Waals surface area contributed by atoms with Crippen molar-refractivity contribution in [3.8, 4) is 0 Å². The molecule has 2 atom stereocenters. The predicted molar refractivity (Wildman–Crippen MR) is 294 cm³/mol. The van der Waals surface area contributed by atoms with Crippen LogP contribution in [0.25, 0.3) is 0 Å². The van der Waals surface area contributed by atoms with Gasteiger partial charge in [0.25, 0.3) is 0 Å². The van der Waals surface area contributed by atoms with Crippen molar-refractivity contribution in [2.24, 2.45) is 0 Å². The van der Waals surface area contributed by atoms with Crippen molar-refractivity contribution in [1.82, 2.24) is 5.32 Å². The number of nitrogens with one attached hydrogen (secondary N) is 1. The first kappa shape index (κ1) is 61.5. The first-order chi connectivity index (χ1) is 32.7. The molecular weight excluding hydrogens is 807 g/mol. The van der Waals surface area contributed by atoms with Crippen LogP contribution >= 0.6 is 0 Å². The molecule has 0 spiro atoms. The van der Waals surface area contributed by atoms with Crippen molar-refractivity contribution in [2.45, 2.75) is 193 Å². The molecule has 2 unspecified atom stereocenters. The standard InChI is InChI=1S/C62H95NO3/c1-3-5-7-9-11-13-15-17-19-20-21-22-23-24-25-26-27-28-29-30-31-32-33-34-35-36-37-38-39-40-41-42-44-46-48-50-52-54-56-58-62(66)63-60(59-64)61(65)57-55-53-51-49-47-45-43-18-16-14-12-10-8-6-4-2/h5,7,11,13,16-19,21-22,24-25,27-28,30-31,33-34,36-37,39-40,42,44,47-50,55,57,60-61,64-65H,3-4,6,8-10,12,14-15,20,23,26,29,32,35,38,41,43,45-46,51-54,56,58-59H2,1-2H3,(H,63,66)/b7-5-,13-11-,18-16+,19-17-,22-21-,25-24-,28-27-,31-30-,34-33-,37-36-,40-39-,44-42-,49-47+,50-48-,57-55+. The number of hydrogen-bond acceptors (Lipinski definition) is 3. The average molecular weight is 902 g/mol. The van der Waals surface area contributed by atoms with Gasteiger partial charge in [-0.15, -0.1) is 0 Å². The molecule has 0 saturated heterocycles. The second kappa shape index (κ2) is 54.8. The maximum atomic E-state index is 12.4. The lowest BCUT2D eigenvalue weighted by Gasteiger charge is -2.19. The van der Waals surface area contributed by atoms with Gasteiger partial charge >= 0.3 is 0 Å². The predicted octanol–water partition coefficient (Wildman–Crippen LogP) is 17.3. The minimum absolute atomic E-state index is 0.130. The molecule has 0 heterocycles. The first-order valence-electron chi connectivity index (χ1n) is 26.0. The molecule has 0 saturated carbocycles. The number of amides is 1. The second-order valence-corrected chi connectivity index (χ2v) is 16.5. The molecule has 0 aliphatic heterocycles. The summed E-state index contributed by atoms with van der Waals surface area (Å²) in [7, 11) is 0. The van der Waals surface area contributed by atoms with Gasteiger partial charge in [0, 0.05) is 6.42 Å². The third kappa shape index (κ3) is 50.5. The van der Waals surface area contributed by atoms with E-state index in [1.54, 1.807) is 6.08 Å². The third-order valence-electron chi connectivity index (χ3n) is 10.4. The van der Waals surface area contributed by atoms with E-state index in [4.69, 9.17) is 0 Å². The fraction of sp³-hybridized carbons (Fsp3) is 0.500. The van der Waals surface area contributed by atoms with E-state index in [-0.39, 0.29) is 12.5 Å². The number of carbonyl (C=O) groups is 1. The molecule has 3 N–H and O–H groups in total. The Morgan fingerprint density at radius 2 is 0.682 bits per heavy atom. The van der Waals surface area contributed by atoms with Gasteiger partial charge in [0.05, 0.1) is 18.8 Å². The van der Waals surface area contributed by atoms with E-state index in [1.165, 1.54) is 38.5 Å². The first-order valence-corrected chi connectivity index (χ1v) is 26.0. The Kier molecular flexibility index (Phi) is 51.1. The lowest BCUT2D eigenvalue weighted by molar-refractivity contribution is -0.123. The number of rotatable bonds is 44. The molecule has 0 bridgehead atoms. The van der Waals surface area contributed by atoms with Gasteiger partial charge in [-0.25, -0.2) is 0 Å². The summed E-state index contributed by atoms with van der Waals surface area (Å²) in [6.45, 7) is 4.12. The van der Waals surface area contributed by atoms with Gasteiger partial charge in [-0.05, 0) is 135 Å². The third-order valence-corrected chi connectivity index (χ3v) is 10.4. The van der Waals surface area contributed by atoms with Gasteiger partial charge < -0.3 is 15.5 Å². The van der Waals surface area contributed by atoms with E-state index in [0.29, 0.717) is 6.42 Å². The summed E-state index contributed by atoms with van der Waals surface area (Å²) in [5, 5.41) is 23.0. The summed E-state index contributed by atoms with van der Waals surface area (Å²) < 4.78 is 0. The van der Waals surface area contributed by atoms with Gasteiger partial charge in [-0.3, -0.25) is 4.79 Å². The number of unbranched alkanes of at least 4 members (excludes halogenated alkanes) is 9. The summed E-state index contributed by atoms with van der Waals surface area (Å²) in [4.78, 5) is 12.4. The highest BCUT2D eigenvalue weighted by atomic mass is 16.3. The van der Waals surface area contributed by atoms with Crippen LogP contribution in [-0.4, -0.2) is 34.9 Å². The van der Waals surface area contributed by atoms with Crippen LogP contribution in [0.5, 0.6) is 0 Å². The lowest BCUT2D eigenvalue weighted by atomic mass is 10.1. The van der Waals surface area contributed by atoms with E-state index in [0.717, 1.165) is 122 Å². The van der Waals surface area contributed by atoms with Crippen LogP contribution in [0.1, 0.15) is 181 Å². The fourth-order valence-corrected chi connectivity index (χ4v) is 6.42. The highest BCUT2D eigenvalue weighted by molar-refractivity contribution is 5.76. The summed E-state index contributed by atoms with van der Waals surface area (Å²) in [5.74, 6) is -0.130. The van der Waals surface area contributed by atoms with Crippen LogP contribution in [0.2, 0.25) is 0 Å². The minimum Gasteiger partial charge on any atom is -0.394 e. The maximum Gasteiger partial charge on any atom is 0.220 e. The molecule has 0 fully saturated rings. The molecular formula is C62H95NO3. The Bertz CT molecular complexity index is 1540. The minimum atomic E-state index is -0.902. The van der Waals surface area contributed by atoms with Crippen molar-refractivity contribution in [2.75, 3.05) is 6.61 Å². The van der Waals surface area contributed by atoms with Crippen LogP contribution in [-0.2, 0) is 4.79 Å². The number of allylic oxidation sites excluding steroid dienone is 29. The summed E-state index contributed by atoms with van der Waals surface area (Å²) >= 11 is 0. The molecule has 0 radical (unpaired) electrons. The van der Waals surface area contributed by atoms with Crippen LogP contribution < -0.4 is 5.32 Å². The monoisotopic (exact) mass is 902 g/mol. The molecule has 0 aromatic heterocycles. The highest BCUT2D eigenvalue weighted by Gasteiger charge is 2.17. The lowest BCUT2D eigenvalue weighted by Crippen LogP contribution is -2.45. The van der Waals surface area contributed by atoms with Crippen molar-refractivity contribution >= 4 is 5.91 Å². The molecule has 4 nitrogen and oxygen atoms in total. The largest absolute Gasteiger partial charge is 0.394 e. The van der Waals surface area contributed by atoms with Crippen LogP contribution in [0, 0.1) is 0 Å². The van der Waals surface area contributed by atoms with Crippen molar-refractivity contribution in [1.29, 1.82) is 0 Å². The van der Waals surface area contributed by atoms with Gasteiger partial charge in [-0.2, -0.15) is 0 Å². The van der Waals surface area contributed by atoms with E-state index < -0.39 is 12.1 Å². The molecule has 0 aromatic rings. The van der Waals surface area contributed by atoms with Crippen molar-refractivity contribution in [3.63, 3.8) is 0 Å². The number of aliphatic hydroxyl groups is 2.